The van der Waals surface area contributed by atoms with Crippen molar-refractivity contribution in [1.29, 1.82) is 0 Å². The third kappa shape index (κ3) is 3.47. The van der Waals surface area contributed by atoms with E-state index in [0.717, 1.165) is 18.4 Å². The summed E-state index contributed by atoms with van der Waals surface area (Å²) in [6, 6.07) is 7.16. The topological polar surface area (TPSA) is 26.3 Å². The van der Waals surface area contributed by atoms with Gasteiger partial charge in [0.25, 0.3) is 0 Å². The van der Waals surface area contributed by atoms with Crippen molar-refractivity contribution < 1.29 is 9.53 Å². The van der Waals surface area contributed by atoms with Crippen LogP contribution in [0.15, 0.2) is 24.3 Å². The molecule has 0 unspecified atom stereocenters. The van der Waals surface area contributed by atoms with Crippen LogP contribution in [-0.2, 0) is 4.74 Å². The molecule has 0 aliphatic carbocycles. The number of hydrogen-bond donors (Lipinski definition) is 0. The van der Waals surface area contributed by atoms with Crippen molar-refractivity contribution in [2.24, 2.45) is 0 Å². The number of methoxy groups -OCH3 is 1. The number of carbonyl (C=O) groups excluding carboxylic acids is 1. The van der Waals surface area contributed by atoms with E-state index in [9.17, 15) is 4.79 Å². The smallest absolute Gasteiger partial charge is 0.337 e. The first-order chi connectivity index (χ1) is 7.27. The SMILES string of the molecule is CCCC#Cc1cccc(C(=O)OC)c1. The zero-order valence-corrected chi connectivity index (χ0v) is 9.04. The molecule has 2 heteroatoms. The summed E-state index contributed by atoms with van der Waals surface area (Å²) in [5.74, 6) is 5.72. The number of hydrogen-bond acceptors (Lipinski definition) is 2. The summed E-state index contributed by atoms with van der Waals surface area (Å²) in [5.41, 5.74) is 1.40. The maximum Gasteiger partial charge on any atom is 0.337 e. The Kier molecular flexibility index (Phi) is 4.43. The molecule has 0 N–H and O–H groups in total. The Morgan fingerprint density at radius 2 is 2.27 bits per heavy atom. The fourth-order valence-corrected chi connectivity index (χ4v) is 1.13. The van der Waals surface area contributed by atoms with E-state index < -0.39 is 0 Å². The highest BCUT2D eigenvalue weighted by molar-refractivity contribution is 5.89. The fourth-order valence-electron chi connectivity index (χ4n) is 1.13. The van der Waals surface area contributed by atoms with Gasteiger partial charge in [-0.2, -0.15) is 0 Å². The summed E-state index contributed by atoms with van der Waals surface area (Å²) in [6.45, 7) is 2.08. The lowest BCUT2D eigenvalue weighted by Crippen LogP contribution is -2.00. The molecule has 0 spiro atoms. The molecule has 0 saturated heterocycles. The highest BCUT2D eigenvalue weighted by Gasteiger charge is 2.03. The van der Waals surface area contributed by atoms with Crippen molar-refractivity contribution in [2.75, 3.05) is 7.11 Å². The van der Waals surface area contributed by atoms with Gasteiger partial charge in [-0.15, -0.1) is 0 Å². The highest BCUT2D eigenvalue weighted by atomic mass is 16.5. The summed E-state index contributed by atoms with van der Waals surface area (Å²) in [7, 11) is 1.37. The van der Waals surface area contributed by atoms with E-state index in [2.05, 4.69) is 23.5 Å². The van der Waals surface area contributed by atoms with E-state index in [1.54, 1.807) is 12.1 Å². The molecule has 0 aromatic heterocycles. The van der Waals surface area contributed by atoms with Crippen LogP contribution >= 0.6 is 0 Å². The monoisotopic (exact) mass is 202 g/mol. The largest absolute Gasteiger partial charge is 0.465 e. The number of esters is 1. The summed E-state index contributed by atoms with van der Waals surface area (Å²) in [5, 5.41) is 0. The molecule has 0 heterocycles. The summed E-state index contributed by atoms with van der Waals surface area (Å²) in [6.07, 6.45) is 1.92. The Labute approximate surface area is 90.3 Å². The molecule has 78 valence electrons. The second kappa shape index (κ2) is 5.87. The van der Waals surface area contributed by atoms with Crippen LogP contribution in [0.3, 0.4) is 0 Å². The van der Waals surface area contributed by atoms with Crippen LogP contribution in [0.1, 0.15) is 35.7 Å². The van der Waals surface area contributed by atoms with Gasteiger partial charge in [0.15, 0.2) is 0 Å². The molecule has 0 aliphatic rings. The molecular weight excluding hydrogens is 188 g/mol. The van der Waals surface area contributed by atoms with Crippen LogP contribution in [-0.4, -0.2) is 13.1 Å². The maximum atomic E-state index is 11.2. The van der Waals surface area contributed by atoms with Gasteiger partial charge >= 0.3 is 5.97 Å². The normalized spacial score (nSPS) is 8.93. The van der Waals surface area contributed by atoms with Crippen molar-refractivity contribution in [3.05, 3.63) is 35.4 Å². The van der Waals surface area contributed by atoms with E-state index in [0.29, 0.717) is 5.56 Å². The van der Waals surface area contributed by atoms with E-state index in [1.807, 2.05) is 12.1 Å². The Balaban J connectivity index is 2.84. The summed E-state index contributed by atoms with van der Waals surface area (Å²) >= 11 is 0. The number of benzene rings is 1. The number of ether oxygens (including phenoxy) is 1. The molecule has 0 radical (unpaired) electrons. The van der Waals surface area contributed by atoms with E-state index in [1.165, 1.54) is 7.11 Å². The van der Waals surface area contributed by atoms with Crippen LogP contribution in [0.25, 0.3) is 0 Å². The second-order valence-corrected chi connectivity index (χ2v) is 3.12. The molecule has 0 atom stereocenters. The molecule has 0 amide bonds. The quantitative estimate of drug-likeness (QED) is 0.544. The van der Waals surface area contributed by atoms with Crippen molar-refractivity contribution in [3.63, 3.8) is 0 Å². The average molecular weight is 202 g/mol. The van der Waals surface area contributed by atoms with Crippen LogP contribution < -0.4 is 0 Å². The lowest BCUT2D eigenvalue weighted by Gasteiger charge is -1.98. The third-order valence-corrected chi connectivity index (χ3v) is 1.89. The molecule has 1 aromatic rings. The number of unbranched alkanes of at least 4 members (excludes halogenated alkanes) is 1. The number of rotatable bonds is 2. The fraction of sp³-hybridized carbons (Fsp3) is 0.308. The Morgan fingerprint density at radius 3 is 2.93 bits per heavy atom. The van der Waals surface area contributed by atoms with Crippen LogP contribution in [0.4, 0.5) is 0 Å². The molecule has 0 aliphatic heterocycles. The average Bonchev–Trinajstić information content (AvgIpc) is 2.29. The molecule has 2 nitrogen and oxygen atoms in total. The Morgan fingerprint density at radius 1 is 1.47 bits per heavy atom. The van der Waals surface area contributed by atoms with Crippen LogP contribution in [0.2, 0.25) is 0 Å². The van der Waals surface area contributed by atoms with Gasteiger partial charge in [-0.3, -0.25) is 0 Å². The first kappa shape index (κ1) is 11.3. The van der Waals surface area contributed by atoms with Crippen molar-refractivity contribution in [2.45, 2.75) is 19.8 Å². The zero-order chi connectivity index (χ0) is 11.1. The van der Waals surface area contributed by atoms with Gasteiger partial charge in [-0.1, -0.05) is 24.8 Å². The molecule has 0 saturated carbocycles. The summed E-state index contributed by atoms with van der Waals surface area (Å²) in [4.78, 5) is 11.2. The van der Waals surface area contributed by atoms with Gasteiger partial charge in [0, 0.05) is 12.0 Å². The summed E-state index contributed by atoms with van der Waals surface area (Å²) < 4.78 is 4.63. The lowest BCUT2D eigenvalue weighted by molar-refractivity contribution is 0.0600. The first-order valence-corrected chi connectivity index (χ1v) is 4.95. The zero-order valence-electron chi connectivity index (χ0n) is 9.04. The predicted molar refractivity (Wildman–Crippen MR) is 59.6 cm³/mol. The minimum Gasteiger partial charge on any atom is -0.465 e. The van der Waals surface area contributed by atoms with Crippen LogP contribution in [0, 0.1) is 11.8 Å². The Bertz CT molecular complexity index is 396. The van der Waals surface area contributed by atoms with Gasteiger partial charge in [0.2, 0.25) is 0 Å². The second-order valence-electron chi connectivity index (χ2n) is 3.12. The van der Waals surface area contributed by atoms with Crippen molar-refractivity contribution in [3.8, 4) is 11.8 Å². The van der Waals surface area contributed by atoms with Gasteiger partial charge in [0.05, 0.1) is 12.7 Å². The molecule has 1 rings (SSSR count). The Hall–Kier alpha value is -1.75. The minimum atomic E-state index is -0.325. The standard InChI is InChI=1S/C13H14O2/c1-3-4-5-7-11-8-6-9-12(10-11)13(14)15-2/h6,8-10H,3-4H2,1-2H3. The predicted octanol–water partition coefficient (Wildman–Crippen LogP) is 2.62. The molecule has 0 bridgehead atoms. The van der Waals surface area contributed by atoms with Crippen LogP contribution in [0.5, 0.6) is 0 Å². The van der Waals surface area contributed by atoms with Gasteiger partial charge in [0.1, 0.15) is 0 Å². The van der Waals surface area contributed by atoms with Gasteiger partial charge in [-0.25, -0.2) is 4.79 Å². The minimum absolute atomic E-state index is 0.325. The molecule has 1 aromatic carbocycles. The van der Waals surface area contributed by atoms with E-state index in [-0.39, 0.29) is 5.97 Å². The van der Waals surface area contributed by atoms with E-state index in [4.69, 9.17) is 0 Å². The van der Waals surface area contributed by atoms with E-state index >= 15 is 0 Å². The number of carbonyl (C=O) groups is 1. The maximum absolute atomic E-state index is 11.2. The van der Waals surface area contributed by atoms with Gasteiger partial charge < -0.3 is 4.74 Å². The molecule has 15 heavy (non-hydrogen) atoms. The third-order valence-electron chi connectivity index (χ3n) is 1.89. The van der Waals surface area contributed by atoms with Crippen molar-refractivity contribution >= 4 is 5.97 Å². The molecule has 0 fully saturated rings. The lowest BCUT2D eigenvalue weighted by atomic mass is 10.1. The van der Waals surface area contributed by atoms with Crippen molar-refractivity contribution in [1.82, 2.24) is 0 Å². The van der Waals surface area contributed by atoms with Gasteiger partial charge in [-0.05, 0) is 24.6 Å². The molecular formula is C13H14O2. The first-order valence-electron chi connectivity index (χ1n) is 4.95. The highest BCUT2D eigenvalue weighted by Crippen LogP contribution is 2.05.